The van der Waals surface area contributed by atoms with Crippen molar-refractivity contribution in [3.63, 3.8) is 0 Å². The standard InChI is InChI=1S/C15H21NO3/c1-11-9-13(15(17)18-2)3-4-14(11)16-10-12-5-7-19-8-6-12/h3-4,9,12,16H,5-8,10H2,1-2H3. The minimum atomic E-state index is -0.293. The van der Waals surface area contributed by atoms with E-state index in [1.807, 2.05) is 19.1 Å². The van der Waals surface area contributed by atoms with Gasteiger partial charge in [0.15, 0.2) is 0 Å². The van der Waals surface area contributed by atoms with Crippen LogP contribution >= 0.6 is 0 Å². The fourth-order valence-corrected chi connectivity index (χ4v) is 2.31. The Balaban J connectivity index is 1.95. The van der Waals surface area contributed by atoms with Crippen LogP contribution in [0, 0.1) is 12.8 Å². The van der Waals surface area contributed by atoms with E-state index in [4.69, 9.17) is 9.47 Å². The van der Waals surface area contributed by atoms with E-state index < -0.39 is 0 Å². The number of aryl methyl sites for hydroxylation is 1. The fraction of sp³-hybridized carbons (Fsp3) is 0.533. The van der Waals surface area contributed by atoms with Crippen molar-refractivity contribution in [3.8, 4) is 0 Å². The molecule has 4 heteroatoms. The summed E-state index contributed by atoms with van der Waals surface area (Å²) in [5.41, 5.74) is 2.74. The SMILES string of the molecule is COC(=O)c1ccc(NCC2CCOCC2)c(C)c1. The van der Waals surface area contributed by atoms with Gasteiger partial charge >= 0.3 is 5.97 Å². The minimum absolute atomic E-state index is 0.293. The van der Waals surface area contributed by atoms with Gasteiger partial charge in [-0.15, -0.1) is 0 Å². The van der Waals surface area contributed by atoms with Crippen molar-refractivity contribution < 1.29 is 14.3 Å². The highest BCUT2D eigenvalue weighted by Gasteiger charge is 2.14. The molecule has 19 heavy (non-hydrogen) atoms. The number of esters is 1. The van der Waals surface area contributed by atoms with Gasteiger partial charge in [0.25, 0.3) is 0 Å². The molecule has 4 nitrogen and oxygen atoms in total. The Hall–Kier alpha value is -1.55. The van der Waals surface area contributed by atoms with E-state index in [0.717, 1.165) is 43.9 Å². The molecule has 1 saturated heterocycles. The second-order valence-electron chi connectivity index (χ2n) is 4.96. The Morgan fingerprint density at radius 1 is 1.42 bits per heavy atom. The summed E-state index contributed by atoms with van der Waals surface area (Å²) in [4.78, 5) is 11.4. The molecule has 1 N–H and O–H groups in total. The lowest BCUT2D eigenvalue weighted by Crippen LogP contribution is -2.22. The first-order chi connectivity index (χ1) is 9.20. The Morgan fingerprint density at radius 2 is 2.16 bits per heavy atom. The zero-order chi connectivity index (χ0) is 13.7. The lowest BCUT2D eigenvalue weighted by Gasteiger charge is -2.23. The largest absolute Gasteiger partial charge is 0.465 e. The predicted molar refractivity (Wildman–Crippen MR) is 74.6 cm³/mol. The van der Waals surface area contributed by atoms with Gasteiger partial charge < -0.3 is 14.8 Å². The summed E-state index contributed by atoms with van der Waals surface area (Å²) in [6, 6.07) is 5.60. The molecule has 0 aliphatic carbocycles. The van der Waals surface area contributed by atoms with Gasteiger partial charge in [0.1, 0.15) is 0 Å². The minimum Gasteiger partial charge on any atom is -0.465 e. The predicted octanol–water partition coefficient (Wildman–Crippen LogP) is 2.62. The first-order valence-corrected chi connectivity index (χ1v) is 6.71. The normalized spacial score (nSPS) is 16.1. The molecule has 0 saturated carbocycles. The number of ether oxygens (including phenoxy) is 2. The monoisotopic (exact) mass is 263 g/mol. The maximum Gasteiger partial charge on any atom is 0.337 e. The van der Waals surface area contributed by atoms with E-state index in [1.54, 1.807) is 6.07 Å². The summed E-state index contributed by atoms with van der Waals surface area (Å²) in [5, 5.41) is 3.46. The average molecular weight is 263 g/mol. The van der Waals surface area contributed by atoms with Crippen molar-refractivity contribution in [1.82, 2.24) is 0 Å². The number of carbonyl (C=O) groups excluding carboxylic acids is 1. The molecule has 0 atom stereocenters. The Morgan fingerprint density at radius 3 is 2.79 bits per heavy atom. The maximum atomic E-state index is 11.4. The number of hydrogen-bond acceptors (Lipinski definition) is 4. The van der Waals surface area contributed by atoms with E-state index in [1.165, 1.54) is 7.11 Å². The molecule has 2 rings (SSSR count). The van der Waals surface area contributed by atoms with Crippen molar-refractivity contribution in [2.45, 2.75) is 19.8 Å². The van der Waals surface area contributed by atoms with Gasteiger partial charge in [-0.1, -0.05) is 0 Å². The zero-order valence-electron chi connectivity index (χ0n) is 11.6. The molecule has 1 aromatic rings. The van der Waals surface area contributed by atoms with Crippen molar-refractivity contribution >= 4 is 11.7 Å². The smallest absolute Gasteiger partial charge is 0.337 e. The second kappa shape index (κ2) is 6.57. The first-order valence-electron chi connectivity index (χ1n) is 6.71. The van der Waals surface area contributed by atoms with Gasteiger partial charge in [0.05, 0.1) is 12.7 Å². The summed E-state index contributed by atoms with van der Waals surface area (Å²) < 4.78 is 10.1. The number of anilines is 1. The Bertz CT molecular complexity index is 439. The molecule has 0 radical (unpaired) electrons. The van der Waals surface area contributed by atoms with Crippen molar-refractivity contribution in [3.05, 3.63) is 29.3 Å². The van der Waals surface area contributed by atoms with Gasteiger partial charge in [0, 0.05) is 25.4 Å². The van der Waals surface area contributed by atoms with Gasteiger partial charge in [-0.05, 0) is 49.4 Å². The lowest BCUT2D eigenvalue weighted by molar-refractivity contribution is 0.0600. The van der Waals surface area contributed by atoms with Gasteiger partial charge in [0.2, 0.25) is 0 Å². The number of nitrogens with one attached hydrogen (secondary N) is 1. The lowest BCUT2D eigenvalue weighted by atomic mass is 10.00. The quantitative estimate of drug-likeness (QED) is 0.848. The molecule has 1 fully saturated rings. The van der Waals surface area contributed by atoms with Crippen LogP contribution in [0.15, 0.2) is 18.2 Å². The van der Waals surface area contributed by atoms with Crippen LogP contribution in [0.4, 0.5) is 5.69 Å². The van der Waals surface area contributed by atoms with Crippen LogP contribution in [0.5, 0.6) is 0 Å². The van der Waals surface area contributed by atoms with Gasteiger partial charge in [-0.2, -0.15) is 0 Å². The van der Waals surface area contributed by atoms with Crippen LogP contribution in [0.2, 0.25) is 0 Å². The highest BCUT2D eigenvalue weighted by atomic mass is 16.5. The van der Waals surface area contributed by atoms with Crippen molar-refractivity contribution in [2.24, 2.45) is 5.92 Å². The number of rotatable bonds is 4. The van der Waals surface area contributed by atoms with Gasteiger partial charge in [-0.3, -0.25) is 0 Å². The molecule has 0 spiro atoms. The summed E-state index contributed by atoms with van der Waals surface area (Å²) in [6.07, 6.45) is 2.23. The molecule has 1 aliphatic heterocycles. The van der Waals surface area contributed by atoms with Crippen LogP contribution in [0.3, 0.4) is 0 Å². The van der Waals surface area contributed by atoms with E-state index in [2.05, 4.69) is 5.32 Å². The molecule has 0 aromatic heterocycles. The molecular weight excluding hydrogens is 242 g/mol. The summed E-state index contributed by atoms with van der Waals surface area (Å²) in [6.45, 7) is 4.69. The van der Waals surface area contributed by atoms with E-state index >= 15 is 0 Å². The number of carbonyl (C=O) groups is 1. The molecule has 1 heterocycles. The topological polar surface area (TPSA) is 47.6 Å². The van der Waals surface area contributed by atoms with E-state index in [9.17, 15) is 4.79 Å². The molecule has 0 amide bonds. The first kappa shape index (κ1) is 13.9. The Labute approximate surface area is 114 Å². The highest BCUT2D eigenvalue weighted by molar-refractivity contribution is 5.90. The molecule has 0 unspecified atom stereocenters. The van der Waals surface area contributed by atoms with Crippen molar-refractivity contribution in [1.29, 1.82) is 0 Å². The summed E-state index contributed by atoms with van der Waals surface area (Å²) >= 11 is 0. The van der Waals surface area contributed by atoms with Crippen LogP contribution in [0.25, 0.3) is 0 Å². The zero-order valence-corrected chi connectivity index (χ0v) is 11.6. The molecule has 0 bridgehead atoms. The van der Waals surface area contributed by atoms with Crippen LogP contribution < -0.4 is 5.32 Å². The third-order valence-corrected chi connectivity index (χ3v) is 3.57. The van der Waals surface area contributed by atoms with Gasteiger partial charge in [-0.25, -0.2) is 4.79 Å². The average Bonchev–Trinajstić information content (AvgIpc) is 2.46. The maximum absolute atomic E-state index is 11.4. The molecule has 104 valence electrons. The molecular formula is C15H21NO3. The third-order valence-electron chi connectivity index (χ3n) is 3.57. The second-order valence-corrected chi connectivity index (χ2v) is 4.96. The molecule has 1 aliphatic rings. The van der Waals surface area contributed by atoms with Crippen LogP contribution in [-0.4, -0.2) is 32.8 Å². The van der Waals surface area contributed by atoms with E-state index in [0.29, 0.717) is 11.5 Å². The fourth-order valence-electron chi connectivity index (χ4n) is 2.31. The van der Waals surface area contributed by atoms with Crippen LogP contribution in [-0.2, 0) is 9.47 Å². The van der Waals surface area contributed by atoms with Crippen molar-refractivity contribution in [2.75, 3.05) is 32.2 Å². The van der Waals surface area contributed by atoms with E-state index in [-0.39, 0.29) is 5.97 Å². The highest BCUT2D eigenvalue weighted by Crippen LogP contribution is 2.20. The number of benzene rings is 1. The van der Waals surface area contributed by atoms with Crippen LogP contribution in [0.1, 0.15) is 28.8 Å². The molecule has 1 aromatic carbocycles. The Kier molecular flexibility index (Phi) is 4.80. The third kappa shape index (κ3) is 3.70. The number of hydrogen-bond donors (Lipinski definition) is 1. The summed E-state index contributed by atoms with van der Waals surface area (Å²) in [5.74, 6) is 0.382. The summed E-state index contributed by atoms with van der Waals surface area (Å²) in [7, 11) is 1.40. The number of methoxy groups -OCH3 is 1.